The maximum Gasteiger partial charge on any atom is 0.337 e. The Morgan fingerprint density at radius 1 is 1.45 bits per heavy atom. The zero-order valence-corrected chi connectivity index (χ0v) is 12.1. The fourth-order valence-electron chi connectivity index (χ4n) is 2.34. The fourth-order valence-corrected chi connectivity index (χ4v) is 2.34. The second kappa shape index (κ2) is 5.63. The molecule has 0 saturated carbocycles. The van der Waals surface area contributed by atoms with Gasteiger partial charge in [0.25, 0.3) is 0 Å². The summed E-state index contributed by atoms with van der Waals surface area (Å²) in [7, 11) is 1.69. The van der Waals surface area contributed by atoms with Gasteiger partial charge in [-0.2, -0.15) is 0 Å². The summed E-state index contributed by atoms with van der Waals surface area (Å²) in [6, 6.07) is 5.17. The topological polar surface area (TPSA) is 64.4 Å². The molecule has 5 nitrogen and oxygen atoms in total. The molecule has 0 spiro atoms. The predicted molar refractivity (Wildman–Crippen MR) is 77.0 cm³/mol. The molecular formula is C15H20N2O3. The number of nitrogens with zero attached hydrogens (tertiary/aromatic N) is 2. The quantitative estimate of drug-likeness (QED) is 0.881. The Morgan fingerprint density at radius 2 is 2.20 bits per heavy atom. The zero-order chi connectivity index (χ0) is 14.8. The number of methoxy groups -OCH3 is 1. The summed E-state index contributed by atoms with van der Waals surface area (Å²) < 4.78 is 7.05. The number of benzene rings is 1. The Labute approximate surface area is 118 Å². The molecule has 0 unspecified atom stereocenters. The van der Waals surface area contributed by atoms with Gasteiger partial charge in [-0.1, -0.05) is 19.9 Å². The monoisotopic (exact) mass is 276 g/mol. The molecule has 0 aliphatic rings. The molecule has 0 fully saturated rings. The number of ether oxygens (including phenoxy) is 1. The molecule has 20 heavy (non-hydrogen) atoms. The number of carbonyl (C=O) groups is 1. The van der Waals surface area contributed by atoms with E-state index in [1.807, 2.05) is 10.6 Å². The van der Waals surface area contributed by atoms with Crippen molar-refractivity contribution in [1.29, 1.82) is 0 Å². The fraction of sp³-hybridized carbons (Fsp3) is 0.467. The Hall–Kier alpha value is -1.88. The van der Waals surface area contributed by atoms with Crippen LogP contribution in [0.1, 0.15) is 30.6 Å². The molecule has 0 radical (unpaired) electrons. The first-order valence-electron chi connectivity index (χ1n) is 6.61. The van der Waals surface area contributed by atoms with Crippen molar-refractivity contribution in [2.24, 2.45) is 5.41 Å². The van der Waals surface area contributed by atoms with Gasteiger partial charge >= 0.3 is 5.97 Å². The minimum absolute atomic E-state index is 0.00918. The number of hydrogen-bond donors (Lipinski definition) is 1. The summed E-state index contributed by atoms with van der Waals surface area (Å²) in [5.74, 6) is -0.924. The van der Waals surface area contributed by atoms with Gasteiger partial charge in [-0.15, -0.1) is 0 Å². The third-order valence-electron chi connectivity index (χ3n) is 3.45. The molecule has 0 aliphatic heterocycles. The first kappa shape index (κ1) is 14.5. The molecule has 0 amide bonds. The van der Waals surface area contributed by atoms with Crippen LogP contribution in [0.3, 0.4) is 0 Å². The number of fused-ring (bicyclic) bond motifs is 1. The minimum Gasteiger partial charge on any atom is -0.478 e. The van der Waals surface area contributed by atoms with Crippen molar-refractivity contribution >= 4 is 17.0 Å². The van der Waals surface area contributed by atoms with Crippen molar-refractivity contribution in [3.05, 3.63) is 30.1 Å². The molecule has 0 atom stereocenters. The average molecular weight is 276 g/mol. The van der Waals surface area contributed by atoms with Crippen LogP contribution in [-0.2, 0) is 11.3 Å². The minimum atomic E-state index is -0.924. The number of aromatic nitrogens is 2. The predicted octanol–water partition coefficient (Wildman–Crippen LogP) is 2.80. The number of rotatable bonds is 6. The summed E-state index contributed by atoms with van der Waals surface area (Å²) >= 11 is 0. The van der Waals surface area contributed by atoms with Crippen LogP contribution < -0.4 is 0 Å². The van der Waals surface area contributed by atoms with Crippen LogP contribution in [0, 0.1) is 5.41 Å². The molecule has 0 bridgehead atoms. The molecule has 108 valence electrons. The Morgan fingerprint density at radius 3 is 2.85 bits per heavy atom. The van der Waals surface area contributed by atoms with Crippen LogP contribution in [-0.4, -0.2) is 34.3 Å². The molecule has 1 heterocycles. The highest BCUT2D eigenvalue weighted by Gasteiger charge is 2.21. The van der Waals surface area contributed by atoms with E-state index < -0.39 is 5.97 Å². The van der Waals surface area contributed by atoms with E-state index in [1.54, 1.807) is 25.6 Å². The second-order valence-electron chi connectivity index (χ2n) is 5.76. The lowest BCUT2D eigenvalue weighted by Gasteiger charge is -2.25. The van der Waals surface area contributed by atoms with Crippen molar-refractivity contribution in [1.82, 2.24) is 9.55 Å². The van der Waals surface area contributed by atoms with Crippen molar-refractivity contribution in [2.75, 3.05) is 13.7 Å². The Balaban J connectivity index is 2.38. The van der Waals surface area contributed by atoms with Crippen LogP contribution in [0.5, 0.6) is 0 Å². The van der Waals surface area contributed by atoms with Gasteiger partial charge in [0, 0.05) is 20.3 Å². The number of carboxylic acids is 1. The van der Waals surface area contributed by atoms with Gasteiger partial charge in [0.2, 0.25) is 0 Å². The number of carboxylic acid groups (broad SMARTS) is 1. The van der Waals surface area contributed by atoms with Crippen molar-refractivity contribution in [3.63, 3.8) is 0 Å². The van der Waals surface area contributed by atoms with Gasteiger partial charge in [-0.25, -0.2) is 9.78 Å². The lowest BCUT2D eigenvalue weighted by atomic mass is 9.89. The summed E-state index contributed by atoms with van der Waals surface area (Å²) in [6.07, 6.45) is 2.62. The lowest BCUT2D eigenvalue weighted by Crippen LogP contribution is -2.21. The first-order chi connectivity index (χ1) is 9.44. The molecule has 1 aromatic carbocycles. The van der Waals surface area contributed by atoms with Gasteiger partial charge in [0.1, 0.15) is 0 Å². The highest BCUT2D eigenvalue weighted by atomic mass is 16.5. The molecule has 0 saturated heterocycles. The SMILES string of the molecule is COCCC(C)(C)Cn1cnc2cccc(C(=O)O)c21. The first-order valence-corrected chi connectivity index (χ1v) is 6.61. The average Bonchev–Trinajstić information content (AvgIpc) is 2.79. The van der Waals surface area contributed by atoms with E-state index in [4.69, 9.17) is 4.74 Å². The summed E-state index contributed by atoms with van der Waals surface area (Å²) in [6.45, 7) is 5.67. The lowest BCUT2D eigenvalue weighted by molar-refractivity contribution is 0.0698. The van der Waals surface area contributed by atoms with E-state index in [9.17, 15) is 9.90 Å². The maximum atomic E-state index is 11.3. The molecule has 0 aliphatic carbocycles. The van der Waals surface area contributed by atoms with Crippen LogP contribution in [0.4, 0.5) is 0 Å². The van der Waals surface area contributed by atoms with Crippen molar-refractivity contribution in [3.8, 4) is 0 Å². The zero-order valence-electron chi connectivity index (χ0n) is 12.1. The van der Waals surface area contributed by atoms with E-state index in [1.165, 1.54) is 0 Å². The third kappa shape index (κ3) is 2.99. The van der Waals surface area contributed by atoms with Gasteiger partial charge in [0.05, 0.1) is 22.9 Å². The van der Waals surface area contributed by atoms with E-state index in [2.05, 4.69) is 18.8 Å². The molecule has 1 aromatic heterocycles. The normalized spacial score (nSPS) is 11.9. The Kier molecular flexibility index (Phi) is 4.09. The molecular weight excluding hydrogens is 256 g/mol. The molecule has 2 aromatic rings. The smallest absolute Gasteiger partial charge is 0.337 e. The Bertz CT molecular complexity index is 617. The highest BCUT2D eigenvalue weighted by molar-refractivity contribution is 6.01. The largest absolute Gasteiger partial charge is 0.478 e. The van der Waals surface area contributed by atoms with Crippen LogP contribution in [0.2, 0.25) is 0 Å². The van der Waals surface area contributed by atoms with E-state index >= 15 is 0 Å². The van der Waals surface area contributed by atoms with Crippen LogP contribution in [0.15, 0.2) is 24.5 Å². The van der Waals surface area contributed by atoms with E-state index in [0.29, 0.717) is 29.7 Å². The van der Waals surface area contributed by atoms with Crippen LogP contribution in [0.25, 0.3) is 11.0 Å². The number of para-hydroxylation sites is 1. The van der Waals surface area contributed by atoms with Crippen molar-refractivity contribution < 1.29 is 14.6 Å². The highest BCUT2D eigenvalue weighted by Crippen LogP contribution is 2.26. The van der Waals surface area contributed by atoms with E-state index in [-0.39, 0.29) is 5.41 Å². The molecule has 5 heteroatoms. The van der Waals surface area contributed by atoms with Crippen LogP contribution >= 0.6 is 0 Å². The standard InChI is InChI=1S/C15H20N2O3/c1-15(2,7-8-20-3)9-17-10-16-12-6-4-5-11(13(12)17)14(18)19/h4-6,10H,7-9H2,1-3H3,(H,18,19). The summed E-state index contributed by atoms with van der Waals surface area (Å²) in [5.41, 5.74) is 1.70. The number of hydrogen-bond acceptors (Lipinski definition) is 3. The summed E-state index contributed by atoms with van der Waals surface area (Å²) in [5, 5.41) is 9.30. The van der Waals surface area contributed by atoms with Gasteiger partial charge in [0.15, 0.2) is 0 Å². The van der Waals surface area contributed by atoms with Crippen molar-refractivity contribution in [2.45, 2.75) is 26.8 Å². The third-order valence-corrected chi connectivity index (χ3v) is 3.45. The number of aromatic carboxylic acids is 1. The maximum absolute atomic E-state index is 11.3. The summed E-state index contributed by atoms with van der Waals surface area (Å²) in [4.78, 5) is 15.6. The number of imidazole rings is 1. The van der Waals surface area contributed by atoms with Gasteiger partial charge < -0.3 is 14.4 Å². The van der Waals surface area contributed by atoms with Gasteiger partial charge in [-0.05, 0) is 24.0 Å². The van der Waals surface area contributed by atoms with Gasteiger partial charge in [-0.3, -0.25) is 0 Å². The van der Waals surface area contributed by atoms with E-state index in [0.717, 1.165) is 6.42 Å². The second-order valence-corrected chi connectivity index (χ2v) is 5.76. The molecule has 1 N–H and O–H groups in total. The molecule has 2 rings (SSSR count).